The van der Waals surface area contributed by atoms with E-state index >= 15 is 0 Å². The molecule has 9 aromatic carbocycles. The van der Waals surface area contributed by atoms with Crippen LogP contribution in [0.4, 0.5) is 0 Å². The van der Waals surface area contributed by atoms with Crippen molar-refractivity contribution >= 4 is 76.2 Å². The van der Waals surface area contributed by atoms with Crippen LogP contribution in [0.15, 0.2) is 178 Å². The first-order valence-corrected chi connectivity index (χ1v) is 15.2. The maximum Gasteiger partial charge on any atom is 0.136 e. The molecule has 0 fully saturated rings. The molecule has 2 heteroatoms. The van der Waals surface area contributed by atoms with Gasteiger partial charge in [-0.1, -0.05) is 139 Å². The summed E-state index contributed by atoms with van der Waals surface area (Å²) in [7, 11) is 0. The quantitative estimate of drug-likeness (QED) is 0.176. The Kier molecular flexibility index (Phi) is 2.78. The molecule has 2 nitrogen and oxygen atoms in total. The van der Waals surface area contributed by atoms with Crippen LogP contribution in [0.1, 0.15) is 31.5 Å². The standard InChI is InChI=1S/C48H28O2/c1-2-12-29(13-3-1)45-34-16-6-8-18-36(34)46(37-19-9-7-17-35(37)45)38-25-24-31(32-14-4-5-15-33(32)38)30-22-23-40-44(28-30)50-43-27-26-42-47(48(40)43)39-20-10-11-21-41(39)49-42/h1-28H/i4D,5D,6D,7D,8D,9D,10D,11D,14D,15D,16D,17D,18D,19D,20D,21D,22D,23D,24D,25D,26D,27D,28D. The SMILES string of the molecule is [2H]c1c([2H])c([2H])c2c(oc3c([2H])c([2H])c4oc5c([2H])c(-c6c([2H])c([2H])c(-c7c8c([2H])c([2H])c([2H])c([2H])c8c(-c8ccccc8)c8c([2H])c([2H])c([2H])c([2H])c78)c7c([2H])c([2H])c([2H])c([2H])c67)c([2H])c([2H])c5c4c32)c1[2H]. The molecule has 2 heterocycles. The second-order valence-corrected chi connectivity index (χ2v) is 11.4. The molecule has 11 aromatic rings. The molecule has 0 spiro atoms. The molecule has 0 aliphatic carbocycles. The third-order valence-corrected chi connectivity index (χ3v) is 8.77. The van der Waals surface area contributed by atoms with E-state index in [9.17, 15) is 15.1 Å². The molecule has 0 radical (unpaired) electrons. The minimum Gasteiger partial charge on any atom is -0.456 e. The van der Waals surface area contributed by atoms with E-state index in [0.29, 0.717) is 0 Å². The average Bonchev–Trinajstić information content (AvgIpc) is 3.98. The monoisotopic (exact) mass is 659 g/mol. The van der Waals surface area contributed by atoms with Gasteiger partial charge in [0.05, 0.1) is 31.5 Å². The molecule has 0 aliphatic rings. The second kappa shape index (κ2) is 10.4. The summed E-state index contributed by atoms with van der Waals surface area (Å²) in [5.74, 6) is 0. The molecule has 0 unspecified atom stereocenters. The Morgan fingerprint density at radius 1 is 0.340 bits per heavy atom. The Morgan fingerprint density at radius 3 is 1.50 bits per heavy atom. The van der Waals surface area contributed by atoms with Gasteiger partial charge in [-0.15, -0.1) is 0 Å². The van der Waals surface area contributed by atoms with E-state index in [2.05, 4.69) is 0 Å². The summed E-state index contributed by atoms with van der Waals surface area (Å²) in [6, 6.07) is -9.86. The first-order chi connectivity index (χ1) is 34.4. The fourth-order valence-corrected chi connectivity index (χ4v) is 6.70. The van der Waals surface area contributed by atoms with E-state index in [-0.39, 0.29) is 54.6 Å². The lowest BCUT2D eigenvalue weighted by molar-refractivity contribution is 0.663. The molecule has 0 saturated heterocycles. The van der Waals surface area contributed by atoms with Gasteiger partial charge in [-0.2, -0.15) is 0 Å². The van der Waals surface area contributed by atoms with E-state index in [1.165, 1.54) is 0 Å². The number of hydrogen-bond acceptors (Lipinski definition) is 2. The van der Waals surface area contributed by atoms with Crippen molar-refractivity contribution in [3.8, 4) is 33.4 Å². The number of benzene rings is 9. The summed E-state index contributed by atoms with van der Waals surface area (Å²) in [4.78, 5) is 0. The Bertz CT molecular complexity index is 4380. The highest BCUT2D eigenvalue weighted by atomic mass is 16.3. The van der Waals surface area contributed by atoms with E-state index in [1.807, 2.05) is 0 Å². The van der Waals surface area contributed by atoms with E-state index in [4.69, 9.17) is 25.3 Å². The van der Waals surface area contributed by atoms with Gasteiger partial charge in [0.25, 0.3) is 0 Å². The summed E-state index contributed by atoms with van der Waals surface area (Å²) in [6.45, 7) is 0. The lowest BCUT2D eigenvalue weighted by Gasteiger charge is -2.19. The molecular formula is C48H28O2. The smallest absolute Gasteiger partial charge is 0.136 e. The highest BCUT2D eigenvalue weighted by molar-refractivity contribution is 6.27. The minimum atomic E-state index is -0.964. The van der Waals surface area contributed by atoms with Gasteiger partial charge in [0.2, 0.25) is 0 Å². The molecule has 2 aromatic heterocycles. The van der Waals surface area contributed by atoms with E-state index in [1.54, 1.807) is 30.3 Å². The zero-order valence-electron chi connectivity index (χ0n) is 48.2. The van der Waals surface area contributed by atoms with Crippen molar-refractivity contribution < 1.29 is 40.4 Å². The van der Waals surface area contributed by atoms with Gasteiger partial charge < -0.3 is 8.83 Å². The Labute approximate surface area is 319 Å². The maximum atomic E-state index is 9.89. The lowest BCUT2D eigenvalue weighted by Crippen LogP contribution is -1.92. The molecule has 0 bridgehead atoms. The third-order valence-electron chi connectivity index (χ3n) is 8.77. The second-order valence-electron chi connectivity index (χ2n) is 11.4. The van der Waals surface area contributed by atoms with Gasteiger partial charge >= 0.3 is 0 Å². The van der Waals surface area contributed by atoms with Crippen LogP contribution in [-0.4, -0.2) is 0 Å². The fourth-order valence-electron chi connectivity index (χ4n) is 6.70. The predicted octanol–water partition coefficient (Wildman–Crippen LogP) is 13.9. The molecular weight excluding hydrogens is 609 g/mol. The fraction of sp³-hybridized carbons (Fsp3) is 0. The zero-order valence-corrected chi connectivity index (χ0v) is 25.2. The summed E-state index contributed by atoms with van der Waals surface area (Å²) < 4.78 is 221. The number of hydrogen-bond donors (Lipinski definition) is 0. The molecule has 0 aliphatic heterocycles. The van der Waals surface area contributed by atoms with E-state index in [0.717, 1.165) is 0 Å². The first kappa shape index (κ1) is 13.3. The summed E-state index contributed by atoms with van der Waals surface area (Å²) in [5.41, 5.74) is -4.11. The summed E-state index contributed by atoms with van der Waals surface area (Å²) in [5, 5.41) is -3.73. The van der Waals surface area contributed by atoms with Crippen LogP contribution in [0.25, 0.3) is 110 Å². The minimum absolute atomic E-state index is 0.0527. The topological polar surface area (TPSA) is 26.3 Å². The Morgan fingerprint density at radius 2 is 0.840 bits per heavy atom. The van der Waals surface area contributed by atoms with Crippen LogP contribution in [0.2, 0.25) is 0 Å². The van der Waals surface area contributed by atoms with Gasteiger partial charge in [0.1, 0.15) is 22.3 Å². The van der Waals surface area contributed by atoms with Crippen LogP contribution in [-0.2, 0) is 0 Å². The molecule has 232 valence electrons. The highest BCUT2D eigenvalue weighted by Gasteiger charge is 2.20. The van der Waals surface area contributed by atoms with Crippen LogP contribution in [0.5, 0.6) is 0 Å². The van der Waals surface area contributed by atoms with Crippen molar-refractivity contribution in [2.24, 2.45) is 0 Å². The van der Waals surface area contributed by atoms with Gasteiger partial charge in [-0.3, -0.25) is 0 Å². The van der Waals surface area contributed by atoms with Crippen LogP contribution in [0, 0.1) is 0 Å². The zero-order chi connectivity index (χ0) is 52.8. The molecule has 0 atom stereocenters. The number of para-hydroxylation sites is 1. The molecule has 0 saturated carbocycles. The van der Waals surface area contributed by atoms with E-state index < -0.39 is 194 Å². The van der Waals surface area contributed by atoms with Crippen molar-refractivity contribution in [3.05, 3.63) is 169 Å². The number of rotatable bonds is 3. The van der Waals surface area contributed by atoms with Crippen LogP contribution < -0.4 is 0 Å². The van der Waals surface area contributed by atoms with Gasteiger partial charge in [0.15, 0.2) is 0 Å². The lowest BCUT2D eigenvalue weighted by atomic mass is 9.84. The largest absolute Gasteiger partial charge is 0.456 e. The van der Waals surface area contributed by atoms with Gasteiger partial charge in [-0.05, 0) is 95.9 Å². The van der Waals surface area contributed by atoms with Gasteiger partial charge in [-0.25, -0.2) is 0 Å². The first-order valence-electron chi connectivity index (χ1n) is 26.7. The normalized spacial score (nSPS) is 18.4. The average molecular weight is 660 g/mol. The Hall–Kier alpha value is -6.64. The summed E-state index contributed by atoms with van der Waals surface area (Å²) >= 11 is 0. The van der Waals surface area contributed by atoms with Crippen molar-refractivity contribution in [1.29, 1.82) is 0 Å². The Balaban J connectivity index is 1.38. The number of fused-ring (bicyclic) bond motifs is 10. The molecule has 50 heavy (non-hydrogen) atoms. The maximum absolute atomic E-state index is 9.89. The molecule has 11 rings (SSSR count). The summed E-state index contributed by atoms with van der Waals surface area (Å²) in [6.07, 6.45) is 0. The van der Waals surface area contributed by atoms with Crippen molar-refractivity contribution in [2.45, 2.75) is 0 Å². The van der Waals surface area contributed by atoms with Gasteiger partial charge in [0, 0.05) is 21.5 Å². The van der Waals surface area contributed by atoms with Crippen molar-refractivity contribution in [1.82, 2.24) is 0 Å². The molecule has 0 amide bonds. The number of furan rings is 2. The third kappa shape index (κ3) is 3.85. The highest BCUT2D eigenvalue weighted by Crippen LogP contribution is 2.47. The van der Waals surface area contributed by atoms with Crippen LogP contribution in [0.3, 0.4) is 0 Å². The van der Waals surface area contributed by atoms with Crippen LogP contribution >= 0.6 is 0 Å². The predicted molar refractivity (Wildman–Crippen MR) is 210 cm³/mol. The van der Waals surface area contributed by atoms with Crippen molar-refractivity contribution in [3.63, 3.8) is 0 Å². The molecule has 0 N–H and O–H groups in total. The van der Waals surface area contributed by atoms with Crippen molar-refractivity contribution in [2.75, 3.05) is 0 Å².